The van der Waals surface area contributed by atoms with Gasteiger partial charge in [-0.05, 0) is 31.4 Å². The first-order valence-corrected chi connectivity index (χ1v) is 7.05. The third-order valence-electron chi connectivity index (χ3n) is 3.74. The number of piperidine rings is 1. The summed E-state index contributed by atoms with van der Waals surface area (Å²) in [7, 11) is 2.19. The van der Waals surface area contributed by atoms with E-state index in [0.29, 0.717) is 12.0 Å². The third kappa shape index (κ3) is 3.56. The molecule has 0 aliphatic carbocycles. The fraction of sp³-hybridized carbons (Fsp3) is 0.625. The first-order chi connectivity index (χ1) is 8.66. The van der Waals surface area contributed by atoms with E-state index < -0.39 is 0 Å². The van der Waals surface area contributed by atoms with Crippen LogP contribution in [0.2, 0.25) is 0 Å². The molecule has 18 heavy (non-hydrogen) atoms. The molecule has 2 nitrogen and oxygen atoms in total. The van der Waals surface area contributed by atoms with E-state index in [1.165, 1.54) is 5.56 Å². The average molecular weight is 247 g/mol. The Kier molecular flexibility index (Phi) is 4.79. The van der Waals surface area contributed by atoms with Crippen molar-refractivity contribution >= 4 is 0 Å². The molecule has 0 radical (unpaired) electrons. The van der Waals surface area contributed by atoms with Gasteiger partial charge >= 0.3 is 0 Å². The van der Waals surface area contributed by atoms with Crippen molar-refractivity contribution in [3.8, 4) is 0 Å². The number of benzene rings is 1. The average Bonchev–Trinajstić information content (AvgIpc) is 2.38. The van der Waals surface area contributed by atoms with Crippen LogP contribution in [0.5, 0.6) is 0 Å². The van der Waals surface area contributed by atoms with Gasteiger partial charge in [-0.3, -0.25) is 0 Å². The van der Waals surface area contributed by atoms with E-state index in [1.807, 2.05) is 0 Å². The Bertz CT molecular complexity index is 341. The number of rotatable bonds is 4. The Morgan fingerprint density at radius 3 is 2.28 bits per heavy atom. The van der Waals surface area contributed by atoms with Crippen molar-refractivity contribution in [3.05, 3.63) is 35.9 Å². The smallest absolute Gasteiger partial charge is 0.0851 e. The molecule has 0 saturated carbocycles. The van der Waals surface area contributed by atoms with Crippen molar-refractivity contribution in [1.29, 1.82) is 0 Å². The first-order valence-electron chi connectivity index (χ1n) is 7.05. The Hall–Kier alpha value is -0.860. The molecule has 1 saturated heterocycles. The molecule has 1 unspecified atom stereocenters. The zero-order chi connectivity index (χ0) is 13.0. The summed E-state index contributed by atoms with van der Waals surface area (Å²) < 4.78 is 6.36. The number of nitrogens with zero attached hydrogens (tertiary/aromatic N) is 1. The van der Waals surface area contributed by atoms with Gasteiger partial charge in [0.05, 0.1) is 12.2 Å². The van der Waals surface area contributed by atoms with Crippen LogP contribution >= 0.6 is 0 Å². The number of ether oxygens (including phenoxy) is 1. The van der Waals surface area contributed by atoms with E-state index in [9.17, 15) is 0 Å². The fourth-order valence-corrected chi connectivity index (χ4v) is 2.59. The minimum atomic E-state index is 0.236. The van der Waals surface area contributed by atoms with Gasteiger partial charge in [-0.1, -0.05) is 44.2 Å². The summed E-state index contributed by atoms with van der Waals surface area (Å²) in [6.45, 7) is 6.80. The minimum Gasteiger partial charge on any atom is -0.370 e. The maximum atomic E-state index is 6.36. The molecule has 0 amide bonds. The molecule has 2 heteroatoms. The van der Waals surface area contributed by atoms with Gasteiger partial charge in [0.2, 0.25) is 0 Å². The van der Waals surface area contributed by atoms with Gasteiger partial charge in [-0.25, -0.2) is 0 Å². The van der Waals surface area contributed by atoms with E-state index in [-0.39, 0.29) is 6.10 Å². The summed E-state index contributed by atoms with van der Waals surface area (Å²) >= 11 is 0. The second-order valence-corrected chi connectivity index (χ2v) is 5.71. The van der Waals surface area contributed by atoms with Gasteiger partial charge in [-0.2, -0.15) is 0 Å². The van der Waals surface area contributed by atoms with Gasteiger partial charge in [0.1, 0.15) is 0 Å². The minimum absolute atomic E-state index is 0.236. The van der Waals surface area contributed by atoms with E-state index in [0.717, 1.165) is 25.9 Å². The molecule has 1 heterocycles. The van der Waals surface area contributed by atoms with Crippen molar-refractivity contribution in [2.75, 3.05) is 20.1 Å². The van der Waals surface area contributed by atoms with Gasteiger partial charge in [-0.15, -0.1) is 0 Å². The van der Waals surface area contributed by atoms with E-state index in [4.69, 9.17) is 4.74 Å². The largest absolute Gasteiger partial charge is 0.370 e. The summed E-state index contributed by atoms with van der Waals surface area (Å²) in [4.78, 5) is 2.38. The SMILES string of the molecule is CC(C)C(OC1CCN(C)CC1)c1ccccc1. The molecular weight excluding hydrogens is 222 g/mol. The Morgan fingerprint density at radius 2 is 1.72 bits per heavy atom. The Morgan fingerprint density at radius 1 is 1.11 bits per heavy atom. The fourth-order valence-electron chi connectivity index (χ4n) is 2.59. The lowest BCUT2D eigenvalue weighted by atomic mass is 9.98. The van der Waals surface area contributed by atoms with Crippen LogP contribution in [-0.4, -0.2) is 31.1 Å². The second kappa shape index (κ2) is 6.35. The maximum absolute atomic E-state index is 6.36. The van der Waals surface area contributed by atoms with Crippen molar-refractivity contribution in [2.24, 2.45) is 5.92 Å². The van der Waals surface area contributed by atoms with Crippen LogP contribution in [0.4, 0.5) is 0 Å². The Labute approximate surface area is 111 Å². The number of likely N-dealkylation sites (tertiary alicyclic amines) is 1. The lowest BCUT2D eigenvalue weighted by Crippen LogP contribution is -2.35. The van der Waals surface area contributed by atoms with Gasteiger partial charge in [0, 0.05) is 13.1 Å². The van der Waals surface area contributed by atoms with Crippen molar-refractivity contribution < 1.29 is 4.74 Å². The maximum Gasteiger partial charge on any atom is 0.0851 e. The standard InChI is InChI=1S/C16H25NO/c1-13(2)16(14-7-5-4-6-8-14)18-15-9-11-17(3)12-10-15/h4-8,13,15-16H,9-12H2,1-3H3. The van der Waals surface area contributed by atoms with Gasteiger partial charge in [0.15, 0.2) is 0 Å². The summed E-state index contributed by atoms with van der Waals surface area (Å²) in [6.07, 6.45) is 2.98. The molecule has 1 aromatic carbocycles. The Balaban J connectivity index is 1.99. The number of hydrogen-bond donors (Lipinski definition) is 0. The molecule has 0 N–H and O–H groups in total. The predicted molar refractivity (Wildman–Crippen MR) is 75.6 cm³/mol. The second-order valence-electron chi connectivity index (χ2n) is 5.71. The summed E-state index contributed by atoms with van der Waals surface area (Å²) in [5.41, 5.74) is 1.31. The zero-order valence-corrected chi connectivity index (χ0v) is 11.8. The van der Waals surface area contributed by atoms with Crippen molar-refractivity contribution in [2.45, 2.75) is 38.9 Å². The highest BCUT2D eigenvalue weighted by Crippen LogP contribution is 2.29. The highest BCUT2D eigenvalue weighted by Gasteiger charge is 2.24. The molecule has 2 rings (SSSR count). The highest BCUT2D eigenvalue weighted by atomic mass is 16.5. The normalized spacial score (nSPS) is 20.2. The molecule has 100 valence electrons. The summed E-state index contributed by atoms with van der Waals surface area (Å²) in [6, 6.07) is 10.6. The lowest BCUT2D eigenvalue weighted by Gasteiger charge is -2.33. The van der Waals surface area contributed by atoms with E-state index >= 15 is 0 Å². The lowest BCUT2D eigenvalue weighted by molar-refractivity contribution is -0.0608. The molecule has 1 aliphatic rings. The molecule has 1 aromatic rings. The van der Waals surface area contributed by atoms with Crippen LogP contribution in [0, 0.1) is 5.92 Å². The third-order valence-corrected chi connectivity index (χ3v) is 3.74. The molecule has 1 aliphatic heterocycles. The molecule has 0 bridgehead atoms. The molecule has 1 atom stereocenters. The van der Waals surface area contributed by atoms with E-state index in [1.54, 1.807) is 0 Å². The van der Waals surface area contributed by atoms with Crippen molar-refractivity contribution in [3.63, 3.8) is 0 Å². The molecule has 0 spiro atoms. The van der Waals surface area contributed by atoms with Crippen LogP contribution in [0.1, 0.15) is 38.4 Å². The predicted octanol–water partition coefficient (Wildman–Crippen LogP) is 3.49. The molecular formula is C16H25NO. The van der Waals surface area contributed by atoms with Crippen LogP contribution in [0.15, 0.2) is 30.3 Å². The van der Waals surface area contributed by atoms with Crippen LogP contribution in [0.3, 0.4) is 0 Å². The molecule has 0 aromatic heterocycles. The topological polar surface area (TPSA) is 12.5 Å². The van der Waals surface area contributed by atoms with Crippen molar-refractivity contribution in [1.82, 2.24) is 4.90 Å². The van der Waals surface area contributed by atoms with Gasteiger partial charge in [0.25, 0.3) is 0 Å². The number of hydrogen-bond acceptors (Lipinski definition) is 2. The van der Waals surface area contributed by atoms with Crippen LogP contribution in [-0.2, 0) is 4.74 Å². The van der Waals surface area contributed by atoms with E-state index in [2.05, 4.69) is 56.1 Å². The zero-order valence-electron chi connectivity index (χ0n) is 11.8. The highest BCUT2D eigenvalue weighted by molar-refractivity contribution is 5.18. The summed E-state index contributed by atoms with van der Waals surface area (Å²) in [5.74, 6) is 0.520. The van der Waals surface area contributed by atoms with Gasteiger partial charge < -0.3 is 9.64 Å². The monoisotopic (exact) mass is 247 g/mol. The molecule has 1 fully saturated rings. The van der Waals surface area contributed by atoms with Crippen LogP contribution < -0.4 is 0 Å². The first kappa shape index (κ1) is 13.6. The quantitative estimate of drug-likeness (QED) is 0.807. The summed E-state index contributed by atoms with van der Waals surface area (Å²) in [5, 5.41) is 0. The van der Waals surface area contributed by atoms with Crippen LogP contribution in [0.25, 0.3) is 0 Å².